The zero-order valence-electron chi connectivity index (χ0n) is 10.9. The summed E-state index contributed by atoms with van der Waals surface area (Å²) in [5.74, 6) is -0.594. The van der Waals surface area contributed by atoms with Crippen LogP contribution in [0.15, 0.2) is 0 Å². The van der Waals surface area contributed by atoms with Crippen LogP contribution >= 0.6 is 0 Å². The first-order valence-electron chi connectivity index (χ1n) is 6.05. The molecule has 0 bridgehead atoms. The van der Waals surface area contributed by atoms with E-state index in [2.05, 4.69) is 0 Å². The van der Waals surface area contributed by atoms with Crippen LogP contribution in [0.25, 0.3) is 0 Å². The summed E-state index contributed by atoms with van der Waals surface area (Å²) in [5, 5.41) is 8.51. The number of rotatable bonds is 8. The molecule has 0 spiro atoms. The summed E-state index contributed by atoms with van der Waals surface area (Å²) < 4.78 is 28.3. The summed E-state index contributed by atoms with van der Waals surface area (Å²) in [5.41, 5.74) is -0.451. The van der Waals surface area contributed by atoms with Crippen LogP contribution in [0.3, 0.4) is 0 Å². The number of hydrogen-bond acceptors (Lipinski definition) is 5. The van der Waals surface area contributed by atoms with Gasteiger partial charge in [0.2, 0.25) is 0 Å². The summed E-state index contributed by atoms with van der Waals surface area (Å²) in [4.78, 5) is 12.3. The van der Waals surface area contributed by atoms with E-state index in [0.717, 1.165) is 0 Å². The monoisotopic (exact) mass is 279 g/mol. The van der Waals surface area contributed by atoms with Crippen molar-refractivity contribution in [3.8, 4) is 0 Å². The number of likely N-dealkylation sites (tertiary alicyclic amines) is 1. The van der Waals surface area contributed by atoms with Gasteiger partial charge in [0.1, 0.15) is 6.61 Å². The first-order chi connectivity index (χ1) is 8.26. The van der Waals surface area contributed by atoms with E-state index in [1.165, 1.54) is 0 Å². The van der Waals surface area contributed by atoms with E-state index in [-0.39, 0.29) is 18.1 Å². The maximum Gasteiger partial charge on any atom is 0.329 e. The number of ether oxygens (including phenoxy) is 1. The molecule has 0 aromatic rings. The van der Waals surface area contributed by atoms with Gasteiger partial charge in [0.15, 0.2) is 9.84 Å². The topological polar surface area (TPSA) is 83.9 Å². The van der Waals surface area contributed by atoms with Gasteiger partial charge >= 0.3 is 5.97 Å². The van der Waals surface area contributed by atoms with E-state index in [0.29, 0.717) is 26.1 Å². The molecule has 1 N–H and O–H groups in total. The second-order valence-electron chi connectivity index (χ2n) is 4.99. The third kappa shape index (κ3) is 4.91. The Bertz CT molecular complexity index is 386. The predicted molar refractivity (Wildman–Crippen MR) is 67.4 cm³/mol. The molecule has 0 saturated carbocycles. The molecule has 0 aromatic carbocycles. The third-order valence-corrected chi connectivity index (χ3v) is 4.73. The molecule has 1 aliphatic rings. The predicted octanol–water partition coefficient (Wildman–Crippen LogP) is -0.0133. The van der Waals surface area contributed by atoms with Gasteiger partial charge in [-0.15, -0.1) is 0 Å². The zero-order valence-corrected chi connectivity index (χ0v) is 11.7. The highest BCUT2D eigenvalue weighted by molar-refractivity contribution is 7.91. The second kappa shape index (κ2) is 5.99. The van der Waals surface area contributed by atoms with Crippen LogP contribution in [0.4, 0.5) is 0 Å². The van der Waals surface area contributed by atoms with E-state index in [1.807, 2.05) is 18.7 Å². The Morgan fingerprint density at radius 2 is 2.00 bits per heavy atom. The number of carboxylic acid groups (broad SMARTS) is 1. The fourth-order valence-corrected chi connectivity index (χ4v) is 3.43. The van der Waals surface area contributed by atoms with E-state index < -0.39 is 21.4 Å². The van der Waals surface area contributed by atoms with Gasteiger partial charge in [0, 0.05) is 25.4 Å². The normalized spacial score (nSPS) is 19.4. The first-order valence-corrected chi connectivity index (χ1v) is 7.87. The second-order valence-corrected chi connectivity index (χ2v) is 7.30. The van der Waals surface area contributed by atoms with Crippen LogP contribution in [0.1, 0.15) is 20.3 Å². The van der Waals surface area contributed by atoms with Crippen molar-refractivity contribution in [2.24, 2.45) is 0 Å². The lowest BCUT2D eigenvalue weighted by Gasteiger charge is -2.47. The molecule has 0 aromatic heterocycles. The Morgan fingerprint density at radius 1 is 1.39 bits per heavy atom. The van der Waals surface area contributed by atoms with E-state index >= 15 is 0 Å². The van der Waals surface area contributed by atoms with Crippen molar-refractivity contribution in [3.63, 3.8) is 0 Å². The van der Waals surface area contributed by atoms with Crippen molar-refractivity contribution in [2.45, 2.75) is 25.9 Å². The fourth-order valence-electron chi connectivity index (χ4n) is 2.07. The van der Waals surface area contributed by atoms with Crippen LogP contribution < -0.4 is 0 Å². The standard InChI is InChI=1S/C11H21NO5S/c1-3-5-18(15,16)6-4-12-8-11(2,9-12)17-7-10(13)14/h3-9H2,1-2H3,(H,13,14). The summed E-state index contributed by atoms with van der Waals surface area (Å²) in [6.07, 6.45) is 0.641. The molecule has 0 amide bonds. The van der Waals surface area contributed by atoms with Crippen LogP contribution in [-0.2, 0) is 19.4 Å². The fraction of sp³-hybridized carbons (Fsp3) is 0.909. The summed E-state index contributed by atoms with van der Waals surface area (Å²) in [6.45, 7) is 5.04. The molecule has 0 radical (unpaired) electrons. The molecular formula is C11H21NO5S. The molecule has 1 rings (SSSR count). The summed E-state index contributed by atoms with van der Waals surface area (Å²) in [7, 11) is -2.94. The highest BCUT2D eigenvalue weighted by Gasteiger charge is 2.40. The van der Waals surface area contributed by atoms with Crippen LogP contribution in [0.2, 0.25) is 0 Å². The molecule has 0 unspecified atom stereocenters. The minimum atomic E-state index is -2.94. The van der Waals surface area contributed by atoms with Crippen molar-refractivity contribution >= 4 is 15.8 Å². The maximum atomic E-state index is 11.5. The van der Waals surface area contributed by atoms with Crippen molar-refractivity contribution in [2.75, 3.05) is 37.7 Å². The van der Waals surface area contributed by atoms with Crippen LogP contribution in [0, 0.1) is 0 Å². The smallest absolute Gasteiger partial charge is 0.329 e. The Balaban J connectivity index is 2.24. The van der Waals surface area contributed by atoms with Gasteiger partial charge in [-0.05, 0) is 13.3 Å². The molecule has 0 atom stereocenters. The minimum Gasteiger partial charge on any atom is -0.480 e. The van der Waals surface area contributed by atoms with E-state index in [4.69, 9.17) is 9.84 Å². The Morgan fingerprint density at radius 3 is 2.50 bits per heavy atom. The van der Waals surface area contributed by atoms with Crippen LogP contribution in [0.5, 0.6) is 0 Å². The van der Waals surface area contributed by atoms with Crippen LogP contribution in [-0.4, -0.2) is 67.7 Å². The van der Waals surface area contributed by atoms with Crippen molar-refractivity contribution < 1.29 is 23.1 Å². The lowest BCUT2D eigenvalue weighted by molar-refractivity contribution is -0.164. The van der Waals surface area contributed by atoms with Gasteiger partial charge in [-0.25, -0.2) is 13.2 Å². The molecule has 1 saturated heterocycles. The molecule has 1 aliphatic heterocycles. The van der Waals surface area contributed by atoms with Crippen molar-refractivity contribution in [3.05, 3.63) is 0 Å². The quantitative estimate of drug-likeness (QED) is 0.672. The lowest BCUT2D eigenvalue weighted by Crippen LogP contribution is -2.62. The molecule has 1 heterocycles. The molecule has 6 nitrogen and oxygen atoms in total. The van der Waals surface area contributed by atoms with Gasteiger partial charge in [0.05, 0.1) is 11.4 Å². The Kier molecular flexibility index (Phi) is 5.12. The molecule has 18 heavy (non-hydrogen) atoms. The SMILES string of the molecule is CCCS(=O)(=O)CCN1CC(C)(OCC(=O)O)C1. The molecule has 7 heteroatoms. The maximum absolute atomic E-state index is 11.5. The number of carbonyl (C=O) groups is 1. The van der Waals surface area contributed by atoms with Gasteiger partial charge < -0.3 is 9.84 Å². The van der Waals surface area contributed by atoms with Crippen molar-refractivity contribution in [1.82, 2.24) is 4.90 Å². The number of hydrogen-bond donors (Lipinski definition) is 1. The zero-order chi connectivity index (χ0) is 13.8. The Hall–Kier alpha value is -0.660. The van der Waals surface area contributed by atoms with E-state index in [1.54, 1.807) is 0 Å². The van der Waals surface area contributed by atoms with Gasteiger partial charge in [-0.2, -0.15) is 0 Å². The lowest BCUT2D eigenvalue weighted by atomic mass is 9.97. The molecular weight excluding hydrogens is 258 g/mol. The number of aliphatic carboxylic acids is 1. The summed E-state index contributed by atoms with van der Waals surface area (Å²) in [6, 6.07) is 0. The largest absolute Gasteiger partial charge is 0.480 e. The van der Waals surface area contributed by atoms with E-state index in [9.17, 15) is 13.2 Å². The molecule has 1 fully saturated rings. The highest BCUT2D eigenvalue weighted by Crippen LogP contribution is 2.24. The first kappa shape index (κ1) is 15.4. The Labute approximate surface area is 108 Å². The average Bonchev–Trinajstić information content (AvgIpc) is 2.20. The van der Waals surface area contributed by atoms with Gasteiger partial charge in [-0.3, -0.25) is 4.90 Å². The highest BCUT2D eigenvalue weighted by atomic mass is 32.2. The molecule has 106 valence electrons. The molecule has 0 aliphatic carbocycles. The third-order valence-electron chi connectivity index (χ3n) is 2.89. The summed E-state index contributed by atoms with van der Waals surface area (Å²) >= 11 is 0. The number of sulfone groups is 1. The minimum absolute atomic E-state index is 0.163. The number of nitrogens with zero attached hydrogens (tertiary/aromatic N) is 1. The van der Waals surface area contributed by atoms with Gasteiger partial charge in [-0.1, -0.05) is 6.92 Å². The van der Waals surface area contributed by atoms with Gasteiger partial charge in [0.25, 0.3) is 0 Å². The van der Waals surface area contributed by atoms with Crippen molar-refractivity contribution in [1.29, 1.82) is 0 Å². The average molecular weight is 279 g/mol. The number of carboxylic acids is 1.